The topological polar surface area (TPSA) is 56.8 Å². The van der Waals surface area contributed by atoms with Crippen LogP contribution in [0.15, 0.2) is 36.7 Å². The van der Waals surface area contributed by atoms with Gasteiger partial charge in [0.2, 0.25) is 0 Å². The van der Waals surface area contributed by atoms with E-state index in [0.29, 0.717) is 0 Å². The molecule has 1 aliphatic heterocycles. The van der Waals surface area contributed by atoms with Gasteiger partial charge in [-0.2, -0.15) is 13.2 Å². The number of nitrogens with one attached hydrogen (secondary N) is 2. The first-order valence-corrected chi connectivity index (χ1v) is 10.6. The molecule has 2 N–H and O–H groups in total. The number of rotatable bonds is 3. The molecule has 2 atom stereocenters. The number of anilines is 1. The Morgan fingerprint density at radius 3 is 2.59 bits per heavy atom. The number of nitrogens with zero attached hydrogens (tertiary/aromatic N) is 3. The Morgan fingerprint density at radius 2 is 1.84 bits per heavy atom. The summed E-state index contributed by atoms with van der Waals surface area (Å²) in [5, 5.41) is 3.59. The monoisotopic (exact) mass is 451 g/mol. The van der Waals surface area contributed by atoms with E-state index >= 15 is 0 Å². The van der Waals surface area contributed by atoms with E-state index in [4.69, 9.17) is 0 Å². The summed E-state index contributed by atoms with van der Waals surface area (Å²) in [7, 11) is 0. The molecule has 2 unspecified atom stereocenters. The van der Waals surface area contributed by atoms with Crippen molar-refractivity contribution in [1.29, 1.82) is 0 Å². The molecule has 1 fully saturated rings. The van der Waals surface area contributed by atoms with Gasteiger partial charge in [-0.1, -0.05) is 24.3 Å². The standard InChI is InChI=1S/C22H22F5N5/c23-21(24)7-9-32(10-8-21)16-6-5-13-3-1-2-4-14(13)18(16)31-20-15-11-17(22(25,26)27)30-19(15)28-12-29-20/h1-4,11-12,16,18H,5-10H2,(H2,28,29,30,31). The molecule has 0 saturated carbocycles. The molecule has 1 aliphatic carbocycles. The Hall–Kier alpha value is -2.75. The minimum atomic E-state index is -4.53. The molecule has 0 amide bonds. The van der Waals surface area contributed by atoms with Crippen molar-refractivity contribution in [2.24, 2.45) is 0 Å². The molecule has 0 spiro atoms. The molecule has 10 heteroatoms. The first-order chi connectivity index (χ1) is 15.2. The number of hydrogen-bond donors (Lipinski definition) is 2. The summed E-state index contributed by atoms with van der Waals surface area (Å²) in [4.78, 5) is 12.5. The third kappa shape index (κ3) is 3.92. The fourth-order valence-electron chi connectivity index (χ4n) is 4.85. The summed E-state index contributed by atoms with van der Waals surface area (Å²) in [6.07, 6.45) is -2.13. The zero-order chi connectivity index (χ0) is 22.5. The Labute approximate surface area is 181 Å². The predicted octanol–water partition coefficient (Wildman–Crippen LogP) is 5.18. The summed E-state index contributed by atoms with van der Waals surface area (Å²) in [6, 6.07) is 8.49. The molecule has 5 rings (SSSR count). The minimum Gasteiger partial charge on any atom is -0.361 e. The van der Waals surface area contributed by atoms with Gasteiger partial charge in [-0.15, -0.1) is 0 Å². The van der Waals surface area contributed by atoms with Gasteiger partial charge in [-0.25, -0.2) is 18.7 Å². The predicted molar refractivity (Wildman–Crippen MR) is 110 cm³/mol. The number of aromatic nitrogens is 3. The maximum absolute atomic E-state index is 13.7. The first-order valence-electron chi connectivity index (χ1n) is 10.6. The fraction of sp³-hybridized carbons (Fsp3) is 0.455. The number of fused-ring (bicyclic) bond motifs is 2. The lowest BCUT2D eigenvalue weighted by Gasteiger charge is -2.44. The molecule has 170 valence electrons. The van der Waals surface area contributed by atoms with Crippen LogP contribution < -0.4 is 5.32 Å². The van der Waals surface area contributed by atoms with Gasteiger partial charge in [0.1, 0.15) is 23.5 Å². The van der Waals surface area contributed by atoms with Crippen LogP contribution in [-0.2, 0) is 12.6 Å². The van der Waals surface area contributed by atoms with Crippen LogP contribution in [0.1, 0.15) is 42.1 Å². The highest BCUT2D eigenvalue weighted by atomic mass is 19.4. The van der Waals surface area contributed by atoms with Crippen LogP contribution >= 0.6 is 0 Å². The molecule has 1 aromatic carbocycles. The van der Waals surface area contributed by atoms with Crippen LogP contribution in [-0.4, -0.2) is 44.9 Å². The lowest BCUT2D eigenvalue weighted by Crippen LogP contribution is -2.50. The molecule has 1 saturated heterocycles. The SMILES string of the molecule is FC1(F)CCN(C2CCc3ccccc3C2Nc2ncnc3[nH]c(C(F)(F)F)cc23)CC1. The molecule has 0 bridgehead atoms. The number of halogens is 5. The number of likely N-dealkylation sites (tertiary alicyclic amines) is 1. The van der Waals surface area contributed by atoms with E-state index in [0.717, 1.165) is 30.0 Å². The Balaban J connectivity index is 1.51. The van der Waals surface area contributed by atoms with Crippen molar-refractivity contribution in [3.05, 3.63) is 53.5 Å². The number of benzene rings is 1. The van der Waals surface area contributed by atoms with Crippen molar-refractivity contribution in [3.63, 3.8) is 0 Å². The van der Waals surface area contributed by atoms with Crippen molar-refractivity contribution in [2.45, 2.75) is 49.9 Å². The van der Waals surface area contributed by atoms with Gasteiger partial charge in [-0.05, 0) is 30.0 Å². The van der Waals surface area contributed by atoms with E-state index < -0.39 is 17.8 Å². The van der Waals surface area contributed by atoms with E-state index in [-0.39, 0.29) is 54.9 Å². The summed E-state index contributed by atoms with van der Waals surface area (Å²) < 4.78 is 67.1. The highest BCUT2D eigenvalue weighted by molar-refractivity contribution is 5.88. The number of aromatic amines is 1. The summed E-state index contributed by atoms with van der Waals surface area (Å²) in [5.74, 6) is -2.36. The summed E-state index contributed by atoms with van der Waals surface area (Å²) in [6.45, 7) is 0.555. The lowest BCUT2D eigenvalue weighted by molar-refractivity contribution is -0.140. The van der Waals surface area contributed by atoms with E-state index in [9.17, 15) is 22.0 Å². The molecular formula is C22H22F5N5. The quantitative estimate of drug-likeness (QED) is 0.539. The zero-order valence-electron chi connectivity index (χ0n) is 17.1. The molecular weight excluding hydrogens is 429 g/mol. The second kappa shape index (κ2) is 7.68. The van der Waals surface area contributed by atoms with E-state index in [1.165, 1.54) is 6.33 Å². The second-order valence-corrected chi connectivity index (χ2v) is 8.48. The third-order valence-corrected chi connectivity index (χ3v) is 6.51. The summed E-state index contributed by atoms with van der Waals surface area (Å²) >= 11 is 0. The molecule has 2 aliphatic rings. The normalized spacial score (nSPS) is 23.8. The molecule has 2 aromatic heterocycles. The van der Waals surface area contributed by atoms with Crippen LogP contribution in [0.2, 0.25) is 0 Å². The van der Waals surface area contributed by atoms with Crippen molar-refractivity contribution in [1.82, 2.24) is 19.9 Å². The van der Waals surface area contributed by atoms with Gasteiger partial charge in [-0.3, -0.25) is 4.90 Å². The molecule has 3 aromatic rings. The highest BCUT2D eigenvalue weighted by Gasteiger charge is 2.40. The van der Waals surface area contributed by atoms with Crippen LogP contribution in [0.25, 0.3) is 11.0 Å². The van der Waals surface area contributed by atoms with Gasteiger partial charge in [0.15, 0.2) is 0 Å². The largest absolute Gasteiger partial charge is 0.431 e. The smallest absolute Gasteiger partial charge is 0.361 e. The third-order valence-electron chi connectivity index (χ3n) is 6.51. The number of aryl methyl sites for hydroxylation is 1. The van der Waals surface area contributed by atoms with Crippen molar-refractivity contribution in [3.8, 4) is 0 Å². The van der Waals surface area contributed by atoms with Crippen molar-refractivity contribution in [2.75, 3.05) is 18.4 Å². The zero-order valence-corrected chi connectivity index (χ0v) is 17.1. The fourth-order valence-corrected chi connectivity index (χ4v) is 4.85. The van der Waals surface area contributed by atoms with Gasteiger partial charge in [0.25, 0.3) is 5.92 Å². The van der Waals surface area contributed by atoms with Gasteiger partial charge < -0.3 is 10.3 Å². The maximum atomic E-state index is 13.7. The van der Waals surface area contributed by atoms with Crippen LogP contribution in [0, 0.1) is 0 Å². The van der Waals surface area contributed by atoms with Crippen LogP contribution in [0.3, 0.4) is 0 Å². The second-order valence-electron chi connectivity index (χ2n) is 8.48. The van der Waals surface area contributed by atoms with E-state index in [2.05, 4.69) is 25.2 Å². The maximum Gasteiger partial charge on any atom is 0.431 e. The average Bonchev–Trinajstić information content (AvgIpc) is 3.20. The first kappa shape index (κ1) is 21.1. The van der Waals surface area contributed by atoms with Crippen LogP contribution in [0.4, 0.5) is 27.8 Å². The average molecular weight is 451 g/mol. The minimum absolute atomic E-state index is 0.0768. The van der Waals surface area contributed by atoms with E-state index in [1.54, 1.807) is 0 Å². The highest BCUT2D eigenvalue weighted by Crippen LogP contribution is 2.40. The molecule has 5 nitrogen and oxygen atoms in total. The lowest BCUT2D eigenvalue weighted by atomic mass is 9.82. The van der Waals surface area contributed by atoms with Gasteiger partial charge >= 0.3 is 6.18 Å². The van der Waals surface area contributed by atoms with Crippen LogP contribution in [0.5, 0.6) is 0 Å². The van der Waals surface area contributed by atoms with Crippen molar-refractivity contribution >= 4 is 16.9 Å². The van der Waals surface area contributed by atoms with E-state index in [1.807, 2.05) is 24.3 Å². The molecule has 3 heterocycles. The molecule has 0 radical (unpaired) electrons. The Kier molecular flexibility index (Phi) is 5.07. The number of alkyl halides is 5. The van der Waals surface area contributed by atoms with Crippen molar-refractivity contribution < 1.29 is 22.0 Å². The number of piperidine rings is 1. The molecule has 32 heavy (non-hydrogen) atoms. The van der Waals surface area contributed by atoms with Gasteiger partial charge in [0.05, 0.1) is 11.4 Å². The number of hydrogen-bond acceptors (Lipinski definition) is 4. The Bertz CT molecular complexity index is 1120. The van der Waals surface area contributed by atoms with Gasteiger partial charge in [0, 0.05) is 32.0 Å². The Morgan fingerprint density at radius 1 is 1.09 bits per heavy atom. The number of H-pyrrole nitrogens is 1. The summed E-state index contributed by atoms with van der Waals surface area (Å²) in [5.41, 5.74) is 1.35.